The molecule has 212 valence electrons. The Morgan fingerprint density at radius 1 is 1.00 bits per heavy atom. The van der Waals surface area contributed by atoms with Crippen molar-refractivity contribution in [3.05, 3.63) is 70.4 Å². The maximum absolute atomic E-state index is 13.2. The lowest BCUT2D eigenvalue weighted by Crippen LogP contribution is -2.38. The van der Waals surface area contributed by atoms with Crippen LogP contribution in [0.1, 0.15) is 83.5 Å². The monoisotopic (exact) mass is 541 g/mol. The van der Waals surface area contributed by atoms with Crippen LogP contribution in [0, 0.1) is 18.8 Å². The highest BCUT2D eigenvalue weighted by Crippen LogP contribution is 2.30. The Morgan fingerprint density at radius 2 is 1.75 bits per heavy atom. The summed E-state index contributed by atoms with van der Waals surface area (Å²) >= 11 is 0. The fraction of sp³-hybridized carbons (Fsp3) is 0.500. The van der Waals surface area contributed by atoms with Crippen molar-refractivity contribution in [3.63, 3.8) is 0 Å². The van der Waals surface area contributed by atoms with E-state index >= 15 is 0 Å². The molecular formula is C34H43N3O3. The number of aromatic nitrogens is 1. The second kappa shape index (κ2) is 12.5. The van der Waals surface area contributed by atoms with Crippen molar-refractivity contribution in [2.24, 2.45) is 11.8 Å². The molecule has 5 rings (SSSR count). The first-order valence-electron chi connectivity index (χ1n) is 15.0. The molecule has 0 unspecified atom stereocenters. The molecule has 1 saturated carbocycles. The minimum atomic E-state index is -0.0239. The first-order valence-corrected chi connectivity index (χ1v) is 15.0. The van der Waals surface area contributed by atoms with Gasteiger partial charge in [-0.15, -0.1) is 0 Å². The first-order chi connectivity index (χ1) is 19.3. The third-order valence-electron chi connectivity index (χ3n) is 8.87. The van der Waals surface area contributed by atoms with Crippen LogP contribution in [0.15, 0.2) is 42.5 Å². The summed E-state index contributed by atoms with van der Waals surface area (Å²) in [7, 11) is 1.63. The number of ether oxygens (including phenoxy) is 1. The van der Waals surface area contributed by atoms with E-state index in [1.54, 1.807) is 7.11 Å². The summed E-state index contributed by atoms with van der Waals surface area (Å²) < 4.78 is 5.48. The summed E-state index contributed by atoms with van der Waals surface area (Å²) in [5, 5.41) is 4.13. The number of amides is 1. The minimum Gasteiger partial charge on any atom is -0.494 e. The average Bonchev–Trinajstić information content (AvgIpc) is 3.17. The largest absolute Gasteiger partial charge is 0.494 e. The molecule has 2 aromatic carbocycles. The number of aryl methyl sites for hydroxylation is 1. The molecule has 0 radical (unpaired) electrons. The van der Waals surface area contributed by atoms with Crippen LogP contribution in [0.5, 0.6) is 5.75 Å². The van der Waals surface area contributed by atoms with E-state index in [0.29, 0.717) is 17.2 Å². The van der Waals surface area contributed by atoms with Gasteiger partial charge in [0.25, 0.3) is 5.91 Å². The van der Waals surface area contributed by atoms with Crippen LogP contribution in [0.2, 0.25) is 0 Å². The first kappa shape index (κ1) is 28.3. The van der Waals surface area contributed by atoms with Crippen molar-refractivity contribution in [2.75, 3.05) is 26.7 Å². The highest BCUT2D eigenvalue weighted by Gasteiger charge is 2.25. The number of hydrogen-bond donors (Lipinski definition) is 1. The van der Waals surface area contributed by atoms with E-state index in [4.69, 9.17) is 4.74 Å². The summed E-state index contributed by atoms with van der Waals surface area (Å²) in [5.41, 5.74) is 5.90. The molecule has 1 fully saturated rings. The molecule has 1 amide bonds. The molecule has 1 aromatic heterocycles. The number of nitrogens with one attached hydrogen (secondary N) is 1. The Kier molecular flexibility index (Phi) is 8.84. The van der Waals surface area contributed by atoms with E-state index in [2.05, 4.69) is 27.3 Å². The SMILES string of the molecule is COc1ccc(C(=O)NC2CCC(CCN3CCc4ccc(C(=O)C(C)C)cc4CC3)CC2)c2ccc(C)nc12. The van der Waals surface area contributed by atoms with E-state index in [-0.39, 0.29) is 23.7 Å². The third-order valence-corrected chi connectivity index (χ3v) is 8.87. The second-order valence-corrected chi connectivity index (χ2v) is 12.0. The number of carbonyl (C=O) groups is 2. The van der Waals surface area contributed by atoms with Gasteiger partial charge in [-0.05, 0) is 99.7 Å². The van der Waals surface area contributed by atoms with Crippen LogP contribution in [-0.4, -0.2) is 54.4 Å². The Balaban J connectivity index is 1.10. The Labute approximate surface area is 238 Å². The van der Waals surface area contributed by atoms with Gasteiger partial charge in [0.05, 0.1) is 7.11 Å². The molecule has 3 aromatic rings. The maximum Gasteiger partial charge on any atom is 0.252 e. The molecule has 0 bridgehead atoms. The number of pyridine rings is 1. The summed E-state index contributed by atoms with van der Waals surface area (Å²) in [4.78, 5) is 32.9. The minimum absolute atomic E-state index is 0.0239. The maximum atomic E-state index is 13.2. The van der Waals surface area contributed by atoms with E-state index in [1.165, 1.54) is 17.5 Å². The molecule has 1 aliphatic carbocycles. The normalized spacial score (nSPS) is 19.7. The lowest BCUT2D eigenvalue weighted by molar-refractivity contribution is 0.0918. The molecule has 0 atom stereocenters. The number of ketones is 1. The van der Waals surface area contributed by atoms with E-state index in [9.17, 15) is 9.59 Å². The molecule has 0 spiro atoms. The highest BCUT2D eigenvalue weighted by molar-refractivity contribution is 6.07. The van der Waals surface area contributed by atoms with Gasteiger partial charge in [0, 0.05) is 47.3 Å². The number of nitrogens with zero attached hydrogens (tertiary/aromatic N) is 2. The fourth-order valence-electron chi connectivity index (χ4n) is 6.36. The third kappa shape index (κ3) is 6.38. The number of methoxy groups -OCH3 is 1. The molecule has 40 heavy (non-hydrogen) atoms. The molecule has 2 heterocycles. The van der Waals surface area contributed by atoms with E-state index < -0.39 is 0 Å². The van der Waals surface area contributed by atoms with E-state index in [1.807, 2.05) is 51.1 Å². The fourth-order valence-corrected chi connectivity index (χ4v) is 6.36. The zero-order valence-electron chi connectivity index (χ0n) is 24.5. The number of benzene rings is 2. The van der Waals surface area contributed by atoms with Crippen molar-refractivity contribution in [3.8, 4) is 5.75 Å². The quantitative estimate of drug-likeness (QED) is 0.345. The van der Waals surface area contributed by atoms with Crippen molar-refractivity contribution in [2.45, 2.75) is 71.8 Å². The predicted octanol–water partition coefficient (Wildman–Crippen LogP) is 6.17. The number of carbonyl (C=O) groups excluding carboxylic acids is 2. The van der Waals surface area contributed by atoms with Crippen LogP contribution in [0.25, 0.3) is 10.9 Å². The number of hydrogen-bond acceptors (Lipinski definition) is 5. The van der Waals surface area contributed by atoms with Gasteiger partial charge in [-0.3, -0.25) is 9.59 Å². The number of Topliss-reactive ketones (excluding diaryl/α,β-unsaturated/α-hetero) is 1. The molecular weight excluding hydrogens is 498 g/mol. The van der Waals surface area contributed by atoms with E-state index in [0.717, 1.165) is 80.3 Å². The second-order valence-electron chi connectivity index (χ2n) is 12.0. The Morgan fingerprint density at radius 3 is 2.48 bits per heavy atom. The zero-order valence-corrected chi connectivity index (χ0v) is 24.5. The molecule has 1 N–H and O–H groups in total. The van der Waals surface area contributed by atoms with Gasteiger partial charge < -0.3 is 15.0 Å². The van der Waals surface area contributed by atoms with Gasteiger partial charge in [0.15, 0.2) is 5.78 Å². The van der Waals surface area contributed by atoms with Gasteiger partial charge >= 0.3 is 0 Å². The molecule has 6 heteroatoms. The Hall–Kier alpha value is -3.25. The summed E-state index contributed by atoms with van der Waals surface area (Å²) in [6, 6.07) is 14.2. The van der Waals surface area contributed by atoms with Gasteiger partial charge in [-0.1, -0.05) is 32.0 Å². The van der Waals surface area contributed by atoms with Crippen LogP contribution in [-0.2, 0) is 12.8 Å². The van der Waals surface area contributed by atoms with Crippen LogP contribution in [0.3, 0.4) is 0 Å². The van der Waals surface area contributed by atoms with Crippen molar-refractivity contribution >= 4 is 22.6 Å². The molecule has 0 saturated heterocycles. The summed E-state index contributed by atoms with van der Waals surface area (Å²) in [6.45, 7) is 9.15. The Bertz CT molecular complexity index is 1370. The zero-order chi connectivity index (χ0) is 28.2. The van der Waals surface area contributed by atoms with Gasteiger partial charge in [-0.2, -0.15) is 0 Å². The highest BCUT2D eigenvalue weighted by atomic mass is 16.5. The van der Waals surface area contributed by atoms with Crippen molar-refractivity contribution in [1.29, 1.82) is 0 Å². The van der Waals surface area contributed by atoms with Crippen LogP contribution < -0.4 is 10.1 Å². The van der Waals surface area contributed by atoms with Crippen LogP contribution >= 0.6 is 0 Å². The predicted molar refractivity (Wildman–Crippen MR) is 160 cm³/mol. The van der Waals surface area contributed by atoms with Crippen molar-refractivity contribution < 1.29 is 14.3 Å². The summed E-state index contributed by atoms with van der Waals surface area (Å²) in [5.74, 6) is 1.65. The molecule has 6 nitrogen and oxygen atoms in total. The van der Waals surface area contributed by atoms with Crippen molar-refractivity contribution in [1.82, 2.24) is 15.2 Å². The standard InChI is InChI=1S/C34H43N3O3/c1-22(2)33(38)27-9-8-25-16-19-37(20-17-26(25)21-27)18-15-24-6-10-28(11-7-24)36-34(39)30-13-14-31(40-4)32-29(30)12-5-23(3)35-32/h5,8-9,12-14,21-22,24,28H,6-7,10-11,15-20H2,1-4H3,(H,36,39). The number of fused-ring (bicyclic) bond motifs is 2. The topological polar surface area (TPSA) is 71.5 Å². The lowest BCUT2D eigenvalue weighted by atomic mass is 9.84. The number of rotatable bonds is 8. The molecule has 1 aliphatic heterocycles. The van der Waals surface area contributed by atoms with Gasteiger partial charge in [0.1, 0.15) is 11.3 Å². The van der Waals surface area contributed by atoms with Gasteiger partial charge in [0.2, 0.25) is 0 Å². The average molecular weight is 542 g/mol. The smallest absolute Gasteiger partial charge is 0.252 e. The van der Waals surface area contributed by atoms with Gasteiger partial charge in [-0.25, -0.2) is 4.98 Å². The summed E-state index contributed by atoms with van der Waals surface area (Å²) in [6.07, 6.45) is 7.65. The lowest BCUT2D eigenvalue weighted by Gasteiger charge is -2.31. The molecule has 2 aliphatic rings. The van der Waals surface area contributed by atoms with Crippen LogP contribution in [0.4, 0.5) is 0 Å².